The predicted molar refractivity (Wildman–Crippen MR) is 77.6 cm³/mol. The minimum Gasteiger partial charge on any atom is -0.311 e. The normalized spacial score (nSPS) is 13.3. The Hall–Kier alpha value is -0.930. The van der Waals surface area contributed by atoms with E-state index in [4.69, 9.17) is 0 Å². The molecule has 3 nitrogen and oxygen atoms in total. The molecule has 0 saturated heterocycles. The summed E-state index contributed by atoms with van der Waals surface area (Å²) in [6.45, 7) is 8.50. The first-order chi connectivity index (χ1) is 8.49. The van der Waals surface area contributed by atoms with Gasteiger partial charge in [0.25, 0.3) is 0 Å². The lowest BCUT2D eigenvalue weighted by Gasteiger charge is -2.26. The first kappa shape index (κ1) is 15.1. The van der Waals surface area contributed by atoms with Gasteiger partial charge in [-0.2, -0.15) is 0 Å². The standard InChI is InChI=1S/C15H27N3/c1-12(2)8-15(18(4)5)11-16-9-14-7-6-13(3)17-10-14/h6-7,10,12,15-16H,8-9,11H2,1-5H3. The summed E-state index contributed by atoms with van der Waals surface area (Å²) in [7, 11) is 4.31. The van der Waals surface area contributed by atoms with Crippen molar-refractivity contribution in [3.05, 3.63) is 29.6 Å². The van der Waals surface area contributed by atoms with E-state index in [1.807, 2.05) is 13.1 Å². The molecule has 0 amide bonds. The molecule has 1 heterocycles. The Labute approximate surface area is 112 Å². The largest absolute Gasteiger partial charge is 0.311 e. The number of likely N-dealkylation sites (N-methyl/N-ethyl adjacent to an activating group) is 1. The van der Waals surface area contributed by atoms with Crippen molar-refractivity contribution in [2.45, 2.75) is 39.8 Å². The maximum atomic E-state index is 4.31. The van der Waals surface area contributed by atoms with Crippen molar-refractivity contribution < 1.29 is 0 Å². The zero-order valence-corrected chi connectivity index (χ0v) is 12.4. The molecule has 0 spiro atoms. The van der Waals surface area contributed by atoms with Gasteiger partial charge < -0.3 is 10.2 Å². The highest BCUT2D eigenvalue weighted by molar-refractivity contribution is 5.12. The Morgan fingerprint density at radius 1 is 1.28 bits per heavy atom. The number of pyridine rings is 1. The van der Waals surface area contributed by atoms with Crippen LogP contribution in [0, 0.1) is 12.8 Å². The number of nitrogens with zero attached hydrogens (tertiary/aromatic N) is 2. The van der Waals surface area contributed by atoms with Crippen LogP contribution in [0.15, 0.2) is 18.3 Å². The highest BCUT2D eigenvalue weighted by Gasteiger charge is 2.12. The lowest BCUT2D eigenvalue weighted by molar-refractivity contribution is 0.246. The van der Waals surface area contributed by atoms with Crippen molar-refractivity contribution >= 4 is 0 Å². The molecule has 1 aromatic rings. The fourth-order valence-electron chi connectivity index (χ4n) is 2.01. The van der Waals surface area contributed by atoms with Crippen molar-refractivity contribution in [3.8, 4) is 0 Å². The maximum absolute atomic E-state index is 4.31. The Kier molecular flexibility index (Phi) is 6.30. The molecule has 0 saturated carbocycles. The summed E-state index contributed by atoms with van der Waals surface area (Å²) < 4.78 is 0. The molecule has 102 valence electrons. The van der Waals surface area contributed by atoms with Gasteiger partial charge in [-0.05, 0) is 45.0 Å². The predicted octanol–water partition coefficient (Wildman–Crippen LogP) is 2.46. The van der Waals surface area contributed by atoms with Gasteiger partial charge >= 0.3 is 0 Å². The highest BCUT2D eigenvalue weighted by atomic mass is 15.1. The molecule has 1 unspecified atom stereocenters. The molecule has 18 heavy (non-hydrogen) atoms. The Morgan fingerprint density at radius 3 is 2.50 bits per heavy atom. The van der Waals surface area contributed by atoms with Crippen LogP contribution >= 0.6 is 0 Å². The average molecular weight is 249 g/mol. The molecule has 3 heteroatoms. The third-order valence-corrected chi connectivity index (χ3v) is 3.16. The first-order valence-electron chi connectivity index (χ1n) is 6.77. The van der Waals surface area contributed by atoms with Crippen molar-refractivity contribution in [1.29, 1.82) is 0 Å². The van der Waals surface area contributed by atoms with Crippen LogP contribution in [0.3, 0.4) is 0 Å². The van der Waals surface area contributed by atoms with Gasteiger partial charge in [-0.15, -0.1) is 0 Å². The molecule has 0 bridgehead atoms. The van der Waals surface area contributed by atoms with E-state index < -0.39 is 0 Å². The summed E-state index contributed by atoms with van der Waals surface area (Å²) in [5.41, 5.74) is 2.33. The van der Waals surface area contributed by atoms with Crippen LogP contribution in [0.25, 0.3) is 0 Å². The summed E-state index contributed by atoms with van der Waals surface area (Å²) in [6.07, 6.45) is 3.18. The number of nitrogens with one attached hydrogen (secondary N) is 1. The molecular formula is C15H27N3. The van der Waals surface area contributed by atoms with Gasteiger partial charge in [0.15, 0.2) is 0 Å². The van der Waals surface area contributed by atoms with E-state index in [1.165, 1.54) is 12.0 Å². The molecular weight excluding hydrogens is 222 g/mol. The number of hydrogen-bond donors (Lipinski definition) is 1. The van der Waals surface area contributed by atoms with Crippen LogP contribution in [0.5, 0.6) is 0 Å². The lowest BCUT2D eigenvalue weighted by Crippen LogP contribution is -2.38. The van der Waals surface area contributed by atoms with E-state index in [0.717, 1.165) is 24.7 Å². The van der Waals surface area contributed by atoms with Gasteiger partial charge in [0.2, 0.25) is 0 Å². The van der Waals surface area contributed by atoms with Gasteiger partial charge in [0.05, 0.1) is 0 Å². The molecule has 0 radical (unpaired) electrons. The van der Waals surface area contributed by atoms with E-state index in [0.29, 0.717) is 6.04 Å². The van der Waals surface area contributed by atoms with Gasteiger partial charge in [-0.1, -0.05) is 19.9 Å². The maximum Gasteiger partial charge on any atom is 0.0372 e. The van der Waals surface area contributed by atoms with Gasteiger partial charge in [-0.3, -0.25) is 4.98 Å². The number of hydrogen-bond acceptors (Lipinski definition) is 3. The molecule has 1 aromatic heterocycles. The van der Waals surface area contributed by atoms with Crippen LogP contribution < -0.4 is 5.32 Å². The van der Waals surface area contributed by atoms with Crippen LogP contribution in [0.4, 0.5) is 0 Å². The average Bonchev–Trinajstić information content (AvgIpc) is 2.29. The van der Waals surface area contributed by atoms with Crippen LogP contribution in [0.2, 0.25) is 0 Å². The zero-order chi connectivity index (χ0) is 13.5. The molecule has 1 rings (SSSR count). The summed E-state index contributed by atoms with van der Waals surface area (Å²) >= 11 is 0. The molecule has 0 aliphatic heterocycles. The fraction of sp³-hybridized carbons (Fsp3) is 0.667. The van der Waals surface area contributed by atoms with E-state index in [-0.39, 0.29) is 0 Å². The second-order valence-electron chi connectivity index (χ2n) is 5.69. The molecule has 1 N–H and O–H groups in total. The highest BCUT2D eigenvalue weighted by Crippen LogP contribution is 2.08. The van der Waals surface area contributed by atoms with Crippen LogP contribution in [-0.4, -0.2) is 36.6 Å². The van der Waals surface area contributed by atoms with E-state index in [2.05, 4.69) is 55.3 Å². The third-order valence-electron chi connectivity index (χ3n) is 3.16. The monoisotopic (exact) mass is 249 g/mol. The van der Waals surface area contributed by atoms with E-state index in [1.54, 1.807) is 0 Å². The summed E-state index contributed by atoms with van der Waals surface area (Å²) in [4.78, 5) is 6.62. The van der Waals surface area contributed by atoms with E-state index >= 15 is 0 Å². The Bertz CT molecular complexity index is 330. The topological polar surface area (TPSA) is 28.2 Å². The summed E-state index contributed by atoms with van der Waals surface area (Å²) in [5.74, 6) is 0.736. The summed E-state index contributed by atoms with van der Waals surface area (Å²) in [5, 5.41) is 3.53. The molecule has 0 aliphatic rings. The minimum absolute atomic E-state index is 0.600. The van der Waals surface area contributed by atoms with Gasteiger partial charge in [-0.25, -0.2) is 0 Å². The summed E-state index contributed by atoms with van der Waals surface area (Å²) in [6, 6.07) is 4.81. The van der Waals surface area contributed by atoms with Crippen molar-refractivity contribution in [2.24, 2.45) is 5.92 Å². The van der Waals surface area contributed by atoms with Crippen molar-refractivity contribution in [1.82, 2.24) is 15.2 Å². The molecule has 0 aromatic carbocycles. The minimum atomic E-state index is 0.600. The lowest BCUT2D eigenvalue weighted by atomic mass is 10.0. The smallest absolute Gasteiger partial charge is 0.0372 e. The second-order valence-corrected chi connectivity index (χ2v) is 5.69. The van der Waals surface area contributed by atoms with Crippen molar-refractivity contribution in [2.75, 3.05) is 20.6 Å². The zero-order valence-electron chi connectivity index (χ0n) is 12.4. The fourth-order valence-corrected chi connectivity index (χ4v) is 2.01. The number of aromatic nitrogens is 1. The molecule has 0 fully saturated rings. The number of rotatable bonds is 7. The van der Waals surface area contributed by atoms with E-state index in [9.17, 15) is 0 Å². The Morgan fingerprint density at radius 2 is 2.00 bits per heavy atom. The Balaban J connectivity index is 2.36. The van der Waals surface area contributed by atoms with Gasteiger partial charge in [0, 0.05) is 31.0 Å². The van der Waals surface area contributed by atoms with Crippen LogP contribution in [0.1, 0.15) is 31.5 Å². The quantitative estimate of drug-likeness (QED) is 0.804. The first-order valence-corrected chi connectivity index (χ1v) is 6.77. The third kappa shape index (κ3) is 5.61. The van der Waals surface area contributed by atoms with Gasteiger partial charge in [0.1, 0.15) is 0 Å². The molecule has 0 aliphatic carbocycles. The number of aryl methyl sites for hydroxylation is 1. The van der Waals surface area contributed by atoms with Crippen LogP contribution in [-0.2, 0) is 6.54 Å². The molecule has 1 atom stereocenters. The second kappa shape index (κ2) is 7.49. The van der Waals surface area contributed by atoms with Crippen molar-refractivity contribution in [3.63, 3.8) is 0 Å². The SMILES string of the molecule is Cc1ccc(CNCC(CC(C)C)N(C)C)cn1.